The average Bonchev–Trinajstić information content (AvgIpc) is 3.15. The molecular formula is C27H26N2O5. The molecule has 3 aromatic rings. The molecule has 0 aliphatic heterocycles. The van der Waals surface area contributed by atoms with E-state index >= 15 is 0 Å². The van der Waals surface area contributed by atoms with Gasteiger partial charge in [-0.1, -0.05) is 78.4 Å². The minimum Gasteiger partial charge on any atom is -0.481 e. The van der Waals surface area contributed by atoms with Crippen molar-refractivity contribution in [2.24, 2.45) is 0 Å². The number of hydrogen-bond donors (Lipinski definition) is 3. The van der Waals surface area contributed by atoms with Gasteiger partial charge in [0.05, 0.1) is 6.42 Å². The van der Waals surface area contributed by atoms with Gasteiger partial charge in [0.25, 0.3) is 0 Å². The molecule has 3 aromatic carbocycles. The molecule has 0 spiro atoms. The third kappa shape index (κ3) is 5.09. The van der Waals surface area contributed by atoms with Crippen LogP contribution in [0.1, 0.15) is 40.6 Å². The molecule has 1 aliphatic rings. The van der Waals surface area contributed by atoms with E-state index in [-0.39, 0.29) is 25.5 Å². The molecule has 0 radical (unpaired) electrons. The number of aliphatic carboxylic acids is 1. The van der Waals surface area contributed by atoms with Crippen LogP contribution in [0.25, 0.3) is 11.1 Å². The number of fused-ring (bicyclic) bond motifs is 3. The number of rotatable bonds is 8. The highest BCUT2D eigenvalue weighted by molar-refractivity contribution is 5.87. The monoisotopic (exact) mass is 458 g/mol. The van der Waals surface area contributed by atoms with Crippen LogP contribution in [0.3, 0.4) is 0 Å². The van der Waals surface area contributed by atoms with Crippen molar-refractivity contribution in [3.8, 4) is 11.1 Å². The Morgan fingerprint density at radius 3 is 2.09 bits per heavy atom. The Morgan fingerprint density at radius 2 is 1.50 bits per heavy atom. The van der Waals surface area contributed by atoms with Crippen molar-refractivity contribution in [1.82, 2.24) is 10.6 Å². The van der Waals surface area contributed by atoms with Crippen LogP contribution in [0.15, 0.2) is 72.8 Å². The van der Waals surface area contributed by atoms with E-state index in [0.29, 0.717) is 5.56 Å². The van der Waals surface area contributed by atoms with Gasteiger partial charge in [-0.2, -0.15) is 0 Å². The van der Waals surface area contributed by atoms with Gasteiger partial charge in [-0.15, -0.1) is 0 Å². The molecule has 3 N–H and O–H groups in total. The average molecular weight is 459 g/mol. The Bertz CT molecular complexity index is 1160. The number of alkyl carbamates (subject to hydrolysis) is 1. The van der Waals surface area contributed by atoms with Crippen molar-refractivity contribution in [3.05, 3.63) is 95.1 Å². The van der Waals surface area contributed by atoms with Crippen LogP contribution < -0.4 is 10.6 Å². The standard InChI is InChI=1S/C27H26N2O5/c1-17-10-12-18(13-11-17)25(26(32)28-15-14-24(30)31)29-27(33)34-16-23-21-8-4-2-6-19(21)20-7-3-5-9-22(20)23/h2-13,23,25H,14-16H2,1H3,(H,28,32)(H,29,33)(H,30,31). The largest absolute Gasteiger partial charge is 0.481 e. The number of carbonyl (C=O) groups is 3. The van der Waals surface area contributed by atoms with E-state index < -0.39 is 24.0 Å². The lowest BCUT2D eigenvalue weighted by Crippen LogP contribution is -2.41. The Labute approximate surface area is 197 Å². The van der Waals surface area contributed by atoms with Crippen molar-refractivity contribution in [2.45, 2.75) is 25.3 Å². The highest BCUT2D eigenvalue weighted by Crippen LogP contribution is 2.44. The van der Waals surface area contributed by atoms with E-state index in [1.165, 1.54) is 0 Å². The number of nitrogens with one attached hydrogen (secondary N) is 2. The number of ether oxygens (including phenoxy) is 1. The minimum absolute atomic E-state index is 0.0388. The number of carboxylic acids is 1. The quantitative estimate of drug-likeness (QED) is 0.470. The van der Waals surface area contributed by atoms with Crippen LogP contribution in [0.5, 0.6) is 0 Å². The molecule has 2 amide bonds. The van der Waals surface area contributed by atoms with E-state index in [0.717, 1.165) is 27.8 Å². The fourth-order valence-corrected chi connectivity index (χ4v) is 4.21. The molecule has 1 atom stereocenters. The molecule has 7 heteroatoms. The summed E-state index contributed by atoms with van der Waals surface area (Å²) < 4.78 is 5.58. The van der Waals surface area contributed by atoms with E-state index in [1.807, 2.05) is 55.5 Å². The molecule has 0 saturated heterocycles. The lowest BCUT2D eigenvalue weighted by molar-refractivity contribution is -0.137. The zero-order valence-electron chi connectivity index (χ0n) is 18.8. The summed E-state index contributed by atoms with van der Waals surface area (Å²) in [4.78, 5) is 36.3. The first-order valence-electron chi connectivity index (χ1n) is 11.1. The predicted octanol–water partition coefficient (Wildman–Crippen LogP) is 4.17. The highest BCUT2D eigenvalue weighted by Gasteiger charge is 2.30. The van der Waals surface area contributed by atoms with Gasteiger partial charge in [0.2, 0.25) is 5.91 Å². The molecule has 1 aliphatic carbocycles. The Kier molecular flexibility index (Phi) is 6.92. The molecule has 4 rings (SSSR count). The molecule has 174 valence electrons. The summed E-state index contributed by atoms with van der Waals surface area (Å²) in [5.74, 6) is -1.62. The molecule has 0 aromatic heterocycles. The number of aryl methyl sites for hydroxylation is 1. The fourth-order valence-electron chi connectivity index (χ4n) is 4.21. The zero-order valence-corrected chi connectivity index (χ0v) is 18.8. The maximum Gasteiger partial charge on any atom is 0.408 e. The van der Waals surface area contributed by atoms with E-state index in [1.54, 1.807) is 12.1 Å². The second-order valence-corrected chi connectivity index (χ2v) is 8.25. The SMILES string of the molecule is Cc1ccc(C(NC(=O)OCC2c3ccccc3-c3ccccc32)C(=O)NCCC(=O)O)cc1. The molecule has 1 unspecified atom stereocenters. The smallest absolute Gasteiger partial charge is 0.408 e. The van der Waals surface area contributed by atoms with Gasteiger partial charge in [0.15, 0.2) is 0 Å². The molecule has 0 saturated carbocycles. The van der Waals surface area contributed by atoms with Crippen molar-refractivity contribution in [1.29, 1.82) is 0 Å². The van der Waals surface area contributed by atoms with Crippen LogP contribution >= 0.6 is 0 Å². The van der Waals surface area contributed by atoms with Gasteiger partial charge in [0.1, 0.15) is 12.6 Å². The molecule has 0 bridgehead atoms. The van der Waals surface area contributed by atoms with Gasteiger partial charge in [-0.25, -0.2) is 4.79 Å². The Balaban J connectivity index is 1.46. The third-order valence-corrected chi connectivity index (χ3v) is 5.92. The summed E-state index contributed by atoms with van der Waals surface area (Å²) in [5.41, 5.74) is 6.03. The summed E-state index contributed by atoms with van der Waals surface area (Å²) in [6.45, 7) is 2.01. The predicted molar refractivity (Wildman–Crippen MR) is 127 cm³/mol. The van der Waals surface area contributed by atoms with Gasteiger partial charge >= 0.3 is 12.1 Å². The first-order chi connectivity index (χ1) is 16.4. The lowest BCUT2D eigenvalue weighted by Gasteiger charge is -2.20. The molecule has 0 fully saturated rings. The van der Waals surface area contributed by atoms with Gasteiger partial charge in [0, 0.05) is 12.5 Å². The molecule has 0 heterocycles. The Hall–Kier alpha value is -4.13. The summed E-state index contributed by atoms with van der Waals surface area (Å²) >= 11 is 0. The van der Waals surface area contributed by atoms with E-state index in [9.17, 15) is 14.4 Å². The van der Waals surface area contributed by atoms with Crippen LogP contribution in [0, 0.1) is 6.92 Å². The summed E-state index contributed by atoms with van der Waals surface area (Å²) in [6, 6.07) is 22.3. The fraction of sp³-hybridized carbons (Fsp3) is 0.222. The number of amides is 2. The maximum atomic E-state index is 12.8. The topological polar surface area (TPSA) is 105 Å². The van der Waals surface area contributed by atoms with Crippen molar-refractivity contribution < 1.29 is 24.2 Å². The highest BCUT2D eigenvalue weighted by atomic mass is 16.5. The lowest BCUT2D eigenvalue weighted by atomic mass is 9.98. The zero-order chi connectivity index (χ0) is 24.1. The summed E-state index contributed by atoms with van der Waals surface area (Å²) in [6.07, 6.45) is -0.932. The van der Waals surface area contributed by atoms with Crippen molar-refractivity contribution >= 4 is 18.0 Å². The van der Waals surface area contributed by atoms with E-state index in [4.69, 9.17) is 9.84 Å². The first kappa shape index (κ1) is 23.0. The van der Waals surface area contributed by atoms with Crippen LogP contribution in [0.2, 0.25) is 0 Å². The van der Waals surface area contributed by atoms with E-state index in [2.05, 4.69) is 22.8 Å². The molecular weight excluding hydrogens is 432 g/mol. The first-order valence-corrected chi connectivity index (χ1v) is 11.1. The van der Waals surface area contributed by atoms with Crippen LogP contribution in [0.4, 0.5) is 4.79 Å². The van der Waals surface area contributed by atoms with Crippen molar-refractivity contribution in [2.75, 3.05) is 13.2 Å². The summed E-state index contributed by atoms with van der Waals surface area (Å²) in [5, 5.41) is 14.0. The minimum atomic E-state index is -1.02. The van der Waals surface area contributed by atoms with Crippen LogP contribution in [-0.4, -0.2) is 36.2 Å². The van der Waals surface area contributed by atoms with Gasteiger partial charge in [-0.05, 0) is 34.7 Å². The molecule has 34 heavy (non-hydrogen) atoms. The number of carbonyl (C=O) groups excluding carboxylic acids is 2. The van der Waals surface area contributed by atoms with Gasteiger partial charge < -0.3 is 20.5 Å². The van der Waals surface area contributed by atoms with Crippen LogP contribution in [-0.2, 0) is 14.3 Å². The van der Waals surface area contributed by atoms with Crippen molar-refractivity contribution in [3.63, 3.8) is 0 Å². The van der Waals surface area contributed by atoms with Gasteiger partial charge in [-0.3, -0.25) is 9.59 Å². The maximum absolute atomic E-state index is 12.8. The summed E-state index contributed by atoms with van der Waals surface area (Å²) in [7, 11) is 0. The number of benzene rings is 3. The normalized spacial score (nSPS) is 12.9. The number of carboxylic acid groups (broad SMARTS) is 1. The second-order valence-electron chi connectivity index (χ2n) is 8.25. The number of hydrogen-bond acceptors (Lipinski definition) is 4. The molecule has 7 nitrogen and oxygen atoms in total. The Morgan fingerprint density at radius 1 is 0.912 bits per heavy atom. The third-order valence-electron chi connectivity index (χ3n) is 5.92. The second kappa shape index (κ2) is 10.2.